The van der Waals surface area contributed by atoms with Gasteiger partial charge in [0.15, 0.2) is 0 Å². The molecular weight excluding hydrogens is 84.0 g/mol. The van der Waals surface area contributed by atoms with Gasteiger partial charge in [-0.1, -0.05) is 0 Å². The van der Waals surface area contributed by atoms with E-state index < -0.39 is 5.97 Å². The largest absolute Gasteiger partial charge is 0.481 e. The van der Waals surface area contributed by atoms with E-state index in [4.69, 9.17) is 10.8 Å². The molecule has 0 radical (unpaired) electrons. The molecule has 0 rings (SSSR count). The molecule has 0 fully saturated rings. The summed E-state index contributed by atoms with van der Waals surface area (Å²) in [6, 6.07) is 0. The fourth-order valence-corrected chi connectivity index (χ4v) is 0.123. The van der Waals surface area contributed by atoms with Crippen molar-refractivity contribution < 1.29 is 9.90 Å². The van der Waals surface area contributed by atoms with E-state index in [2.05, 4.69) is 0 Å². The molecule has 0 saturated heterocycles. The highest BCUT2D eigenvalue weighted by Gasteiger charge is 1.87. The summed E-state index contributed by atoms with van der Waals surface area (Å²) >= 11 is 0. The van der Waals surface area contributed by atoms with Gasteiger partial charge in [-0.3, -0.25) is 4.79 Å². The lowest BCUT2D eigenvalue weighted by molar-refractivity contribution is -0.136. The van der Waals surface area contributed by atoms with Gasteiger partial charge in [0.05, 0.1) is 6.42 Å². The second-order valence-electron chi connectivity index (χ2n) is 0.932. The number of carboxylic acids is 1. The zero-order valence-corrected chi connectivity index (χ0v) is 3.35. The van der Waals surface area contributed by atoms with E-state index in [-0.39, 0.29) is 13.0 Å². The average Bonchev–Trinajstić information content (AvgIpc) is 1.35. The lowest BCUT2D eigenvalue weighted by atomic mass is 10.7. The van der Waals surface area contributed by atoms with Crippen LogP contribution in [0.5, 0.6) is 0 Å². The van der Waals surface area contributed by atoms with Crippen LogP contribution in [0.1, 0.15) is 6.42 Å². The Hall–Kier alpha value is -0.570. The number of hydrogen-bond donors (Lipinski definition) is 2. The van der Waals surface area contributed by atoms with Crippen LogP contribution in [-0.4, -0.2) is 17.6 Å². The van der Waals surface area contributed by atoms with Gasteiger partial charge in [-0.05, 0) is 0 Å². The highest BCUT2D eigenvalue weighted by molar-refractivity contribution is 5.66. The van der Waals surface area contributed by atoms with Gasteiger partial charge in [0.25, 0.3) is 0 Å². The number of nitrogens with two attached hydrogens (primary N) is 1. The molecular formula is C3H7NO2. The molecule has 3 N–H and O–H groups in total. The van der Waals surface area contributed by atoms with Crippen molar-refractivity contribution in [3.05, 3.63) is 0 Å². The van der Waals surface area contributed by atoms with E-state index in [1.54, 1.807) is 0 Å². The number of carboxylic acid groups (broad SMARTS) is 1. The first-order valence-corrected chi connectivity index (χ1v) is 1.69. The number of carbonyl (C=O) groups is 1. The van der Waals surface area contributed by atoms with Crippen LogP contribution in [-0.2, 0) is 4.79 Å². The SMILES string of the molecule is NCC[14C](=O)O. The zero-order valence-electron chi connectivity index (χ0n) is 3.35. The molecule has 0 aliphatic rings. The van der Waals surface area contributed by atoms with Crippen molar-refractivity contribution in [3.8, 4) is 0 Å². The van der Waals surface area contributed by atoms with Crippen LogP contribution >= 0.6 is 0 Å². The van der Waals surface area contributed by atoms with Crippen molar-refractivity contribution in [3.63, 3.8) is 0 Å². The van der Waals surface area contributed by atoms with Crippen molar-refractivity contribution in [2.45, 2.75) is 6.42 Å². The molecule has 0 unspecified atom stereocenters. The van der Waals surface area contributed by atoms with Crippen LogP contribution in [0.15, 0.2) is 0 Å². The molecule has 3 nitrogen and oxygen atoms in total. The third-order valence-corrected chi connectivity index (χ3v) is 0.358. The molecule has 0 heterocycles. The van der Waals surface area contributed by atoms with Crippen LogP contribution in [0.25, 0.3) is 0 Å². The van der Waals surface area contributed by atoms with Gasteiger partial charge < -0.3 is 10.8 Å². The van der Waals surface area contributed by atoms with E-state index in [1.165, 1.54) is 0 Å². The minimum absolute atomic E-state index is 0.0694. The Kier molecular flexibility index (Phi) is 2.40. The summed E-state index contributed by atoms with van der Waals surface area (Å²) in [5.74, 6) is -0.836. The smallest absolute Gasteiger partial charge is 0.304 e. The Morgan fingerprint density at radius 1 is 1.83 bits per heavy atom. The number of hydrogen-bond acceptors (Lipinski definition) is 2. The zero-order chi connectivity index (χ0) is 4.99. The van der Waals surface area contributed by atoms with E-state index in [9.17, 15) is 4.79 Å². The van der Waals surface area contributed by atoms with Crippen LogP contribution in [0.2, 0.25) is 0 Å². The minimum atomic E-state index is -0.836. The summed E-state index contributed by atoms with van der Waals surface area (Å²) in [6.45, 7) is 0.231. The topological polar surface area (TPSA) is 63.3 Å². The summed E-state index contributed by atoms with van der Waals surface area (Å²) in [7, 11) is 0. The fraction of sp³-hybridized carbons (Fsp3) is 0.667. The summed E-state index contributed by atoms with van der Waals surface area (Å²) in [5.41, 5.74) is 4.85. The van der Waals surface area contributed by atoms with Gasteiger partial charge in [0.1, 0.15) is 0 Å². The Morgan fingerprint density at radius 2 is 2.33 bits per heavy atom. The first-order valence-electron chi connectivity index (χ1n) is 1.69. The molecule has 0 aromatic carbocycles. The van der Waals surface area contributed by atoms with Crippen molar-refractivity contribution in [1.82, 2.24) is 0 Å². The predicted octanol–water partition coefficient (Wildman–Crippen LogP) is -0.580. The lowest BCUT2D eigenvalue weighted by Crippen LogP contribution is -2.05. The molecule has 0 bridgehead atoms. The molecule has 3 heteroatoms. The van der Waals surface area contributed by atoms with Crippen molar-refractivity contribution in [2.75, 3.05) is 6.54 Å². The van der Waals surface area contributed by atoms with E-state index >= 15 is 0 Å². The summed E-state index contributed by atoms with van der Waals surface area (Å²) < 4.78 is 0. The number of rotatable bonds is 2. The van der Waals surface area contributed by atoms with Gasteiger partial charge in [-0.2, -0.15) is 0 Å². The standard InChI is InChI=1S/C3H7NO2/c4-2-1-3(5)6/h1-2,4H2,(H,5,6)/i3+2. The maximum Gasteiger partial charge on any atom is 0.304 e. The van der Waals surface area contributed by atoms with Crippen LogP contribution < -0.4 is 5.73 Å². The summed E-state index contributed by atoms with van der Waals surface area (Å²) in [5, 5.41) is 7.83. The predicted molar refractivity (Wildman–Crippen MR) is 21.3 cm³/mol. The van der Waals surface area contributed by atoms with Crippen molar-refractivity contribution in [2.24, 2.45) is 5.73 Å². The monoisotopic (exact) mass is 91.1 g/mol. The van der Waals surface area contributed by atoms with Gasteiger partial charge in [0.2, 0.25) is 0 Å². The molecule has 0 aromatic rings. The van der Waals surface area contributed by atoms with Crippen LogP contribution in [0.3, 0.4) is 0 Å². The molecule has 0 atom stereocenters. The van der Waals surface area contributed by atoms with E-state index in [1.807, 2.05) is 0 Å². The van der Waals surface area contributed by atoms with Gasteiger partial charge >= 0.3 is 5.97 Å². The minimum Gasteiger partial charge on any atom is -0.481 e. The van der Waals surface area contributed by atoms with Crippen LogP contribution in [0.4, 0.5) is 0 Å². The molecule has 36 valence electrons. The van der Waals surface area contributed by atoms with Gasteiger partial charge in [0, 0.05) is 6.54 Å². The molecule has 0 aliphatic carbocycles. The lowest BCUT2D eigenvalue weighted by Gasteiger charge is -1.80. The molecule has 0 saturated carbocycles. The van der Waals surface area contributed by atoms with Crippen LogP contribution in [0, 0.1) is 0 Å². The quantitative estimate of drug-likeness (QED) is 0.478. The Morgan fingerprint density at radius 3 is 2.33 bits per heavy atom. The first-order chi connectivity index (χ1) is 2.77. The summed E-state index contributed by atoms with van der Waals surface area (Å²) in [4.78, 5) is 9.52. The molecule has 0 amide bonds. The normalized spacial score (nSPS) is 8.17. The van der Waals surface area contributed by atoms with Crippen molar-refractivity contribution in [1.29, 1.82) is 0 Å². The fourth-order valence-electron chi connectivity index (χ4n) is 0.123. The Balaban J connectivity index is 2.83. The highest BCUT2D eigenvalue weighted by atomic mass is 16.6. The van der Waals surface area contributed by atoms with E-state index in [0.29, 0.717) is 0 Å². The number of aliphatic carboxylic acids is 1. The second-order valence-corrected chi connectivity index (χ2v) is 0.932. The first kappa shape index (κ1) is 5.43. The molecule has 0 aromatic heterocycles. The summed E-state index contributed by atoms with van der Waals surface area (Å²) in [6.07, 6.45) is 0.0694. The maximum absolute atomic E-state index is 9.52. The Bertz CT molecular complexity index is 52.8. The van der Waals surface area contributed by atoms with Gasteiger partial charge in [-0.25, -0.2) is 0 Å². The Labute approximate surface area is 35.8 Å². The van der Waals surface area contributed by atoms with Crippen molar-refractivity contribution >= 4 is 5.97 Å². The van der Waals surface area contributed by atoms with Gasteiger partial charge in [-0.15, -0.1) is 0 Å². The second kappa shape index (κ2) is 2.66. The highest BCUT2D eigenvalue weighted by Crippen LogP contribution is 1.67. The molecule has 0 aliphatic heterocycles. The third kappa shape index (κ3) is 3.43. The molecule has 6 heavy (non-hydrogen) atoms. The average molecular weight is 91.1 g/mol. The van der Waals surface area contributed by atoms with E-state index in [0.717, 1.165) is 0 Å². The maximum atomic E-state index is 9.52. The molecule has 0 spiro atoms. The third-order valence-electron chi connectivity index (χ3n) is 0.358.